The SMILES string of the molecule is O=C(CNC(=O)c1cccc(Br)c1)c1ccccc1. The van der Waals surface area contributed by atoms with Crippen molar-refractivity contribution in [2.75, 3.05) is 6.54 Å². The highest BCUT2D eigenvalue weighted by atomic mass is 79.9. The summed E-state index contributed by atoms with van der Waals surface area (Å²) in [6.07, 6.45) is 0. The normalized spacial score (nSPS) is 9.95. The Bertz CT molecular complexity index is 596. The fourth-order valence-corrected chi connectivity index (χ4v) is 2.02. The van der Waals surface area contributed by atoms with Crippen LogP contribution in [-0.2, 0) is 0 Å². The third kappa shape index (κ3) is 3.76. The van der Waals surface area contributed by atoms with Crippen molar-refractivity contribution in [3.8, 4) is 0 Å². The molecular formula is C15H12BrNO2. The van der Waals surface area contributed by atoms with E-state index in [0.717, 1.165) is 4.47 Å². The number of hydrogen-bond donors (Lipinski definition) is 1. The smallest absolute Gasteiger partial charge is 0.251 e. The van der Waals surface area contributed by atoms with E-state index in [-0.39, 0.29) is 18.2 Å². The molecule has 0 heterocycles. The number of ketones is 1. The van der Waals surface area contributed by atoms with Crippen molar-refractivity contribution in [1.82, 2.24) is 5.32 Å². The number of rotatable bonds is 4. The largest absolute Gasteiger partial charge is 0.345 e. The molecule has 0 aromatic heterocycles. The summed E-state index contributed by atoms with van der Waals surface area (Å²) in [7, 11) is 0. The summed E-state index contributed by atoms with van der Waals surface area (Å²) >= 11 is 3.30. The predicted octanol–water partition coefficient (Wildman–Crippen LogP) is 3.06. The molecule has 0 spiro atoms. The molecule has 0 atom stereocenters. The first-order valence-corrected chi connectivity index (χ1v) is 6.58. The molecule has 1 amide bonds. The number of hydrogen-bond acceptors (Lipinski definition) is 2. The first kappa shape index (κ1) is 13.5. The van der Waals surface area contributed by atoms with E-state index < -0.39 is 0 Å². The number of nitrogens with one attached hydrogen (secondary N) is 1. The van der Waals surface area contributed by atoms with Gasteiger partial charge in [-0.05, 0) is 18.2 Å². The Kier molecular flexibility index (Phi) is 4.47. The molecule has 0 aliphatic carbocycles. The second kappa shape index (κ2) is 6.29. The van der Waals surface area contributed by atoms with Crippen molar-refractivity contribution < 1.29 is 9.59 Å². The van der Waals surface area contributed by atoms with E-state index in [1.807, 2.05) is 12.1 Å². The van der Waals surface area contributed by atoms with Gasteiger partial charge in [0.25, 0.3) is 5.91 Å². The molecule has 96 valence electrons. The molecule has 0 saturated carbocycles. The maximum Gasteiger partial charge on any atom is 0.251 e. The lowest BCUT2D eigenvalue weighted by Gasteiger charge is -2.05. The number of halogens is 1. The zero-order chi connectivity index (χ0) is 13.7. The highest BCUT2D eigenvalue weighted by molar-refractivity contribution is 9.10. The van der Waals surface area contributed by atoms with E-state index >= 15 is 0 Å². The summed E-state index contributed by atoms with van der Waals surface area (Å²) in [5.74, 6) is -0.366. The van der Waals surface area contributed by atoms with Crippen LogP contribution >= 0.6 is 15.9 Å². The van der Waals surface area contributed by atoms with Gasteiger partial charge in [0.1, 0.15) is 0 Å². The van der Waals surface area contributed by atoms with E-state index in [2.05, 4.69) is 21.2 Å². The van der Waals surface area contributed by atoms with Crippen molar-refractivity contribution in [2.24, 2.45) is 0 Å². The molecule has 0 unspecified atom stereocenters. The van der Waals surface area contributed by atoms with Crippen molar-refractivity contribution in [1.29, 1.82) is 0 Å². The number of benzene rings is 2. The van der Waals surface area contributed by atoms with Crippen LogP contribution in [0.2, 0.25) is 0 Å². The van der Waals surface area contributed by atoms with Crippen LogP contribution in [0.3, 0.4) is 0 Å². The quantitative estimate of drug-likeness (QED) is 0.881. The summed E-state index contributed by atoms with van der Waals surface area (Å²) in [5.41, 5.74) is 1.12. The average molecular weight is 318 g/mol. The molecule has 19 heavy (non-hydrogen) atoms. The van der Waals surface area contributed by atoms with Gasteiger partial charge in [-0.3, -0.25) is 9.59 Å². The molecule has 4 heteroatoms. The molecular weight excluding hydrogens is 306 g/mol. The van der Waals surface area contributed by atoms with E-state index in [0.29, 0.717) is 11.1 Å². The molecule has 2 rings (SSSR count). The maximum absolute atomic E-state index is 11.8. The number of carbonyl (C=O) groups excluding carboxylic acids is 2. The van der Waals surface area contributed by atoms with Gasteiger partial charge in [0.05, 0.1) is 6.54 Å². The monoisotopic (exact) mass is 317 g/mol. The molecule has 0 bridgehead atoms. The van der Waals surface area contributed by atoms with Gasteiger partial charge in [0.15, 0.2) is 5.78 Å². The van der Waals surface area contributed by atoms with Crippen LogP contribution < -0.4 is 5.32 Å². The summed E-state index contributed by atoms with van der Waals surface area (Å²) in [5, 5.41) is 2.62. The van der Waals surface area contributed by atoms with Gasteiger partial charge < -0.3 is 5.32 Å². The summed E-state index contributed by atoms with van der Waals surface area (Å²) in [6.45, 7) is -0.00460. The van der Waals surface area contributed by atoms with Gasteiger partial charge in [-0.2, -0.15) is 0 Å². The zero-order valence-electron chi connectivity index (χ0n) is 10.1. The zero-order valence-corrected chi connectivity index (χ0v) is 11.7. The Balaban J connectivity index is 1.96. The second-order valence-corrected chi connectivity index (χ2v) is 4.90. The minimum Gasteiger partial charge on any atom is -0.345 e. The van der Waals surface area contributed by atoms with Crippen molar-refractivity contribution in [3.05, 3.63) is 70.2 Å². The lowest BCUT2D eigenvalue weighted by molar-refractivity contribution is 0.0904. The van der Waals surface area contributed by atoms with Crippen LogP contribution in [0.4, 0.5) is 0 Å². The highest BCUT2D eigenvalue weighted by Crippen LogP contribution is 2.11. The minimum atomic E-state index is -0.259. The lowest BCUT2D eigenvalue weighted by Crippen LogP contribution is -2.29. The Hall–Kier alpha value is -1.94. The first-order chi connectivity index (χ1) is 9.16. The molecule has 0 aliphatic rings. The van der Waals surface area contributed by atoms with Gasteiger partial charge in [0.2, 0.25) is 0 Å². The maximum atomic E-state index is 11.8. The lowest BCUT2D eigenvalue weighted by atomic mass is 10.1. The number of amides is 1. The Labute approximate surface area is 119 Å². The van der Waals surface area contributed by atoms with Crippen LogP contribution in [-0.4, -0.2) is 18.2 Å². The van der Waals surface area contributed by atoms with Gasteiger partial charge in [-0.15, -0.1) is 0 Å². The topological polar surface area (TPSA) is 46.2 Å². The van der Waals surface area contributed by atoms with Crippen molar-refractivity contribution in [3.63, 3.8) is 0 Å². The second-order valence-electron chi connectivity index (χ2n) is 3.98. The molecule has 3 nitrogen and oxygen atoms in total. The summed E-state index contributed by atoms with van der Waals surface area (Å²) in [6, 6.07) is 15.9. The Morgan fingerprint density at radius 2 is 1.63 bits per heavy atom. The minimum absolute atomic E-state index is 0.00460. The summed E-state index contributed by atoms with van der Waals surface area (Å²) < 4.78 is 0.828. The standard InChI is InChI=1S/C15H12BrNO2/c16-13-8-4-7-12(9-13)15(19)17-10-14(18)11-5-2-1-3-6-11/h1-9H,10H2,(H,17,19). The predicted molar refractivity (Wildman–Crippen MR) is 77.2 cm³/mol. The number of carbonyl (C=O) groups is 2. The Morgan fingerprint density at radius 1 is 0.947 bits per heavy atom. The average Bonchev–Trinajstić information content (AvgIpc) is 2.45. The Morgan fingerprint density at radius 3 is 2.32 bits per heavy atom. The third-order valence-corrected chi connectivity index (χ3v) is 3.09. The molecule has 0 fully saturated rings. The van der Waals surface area contributed by atoms with Gasteiger partial charge >= 0.3 is 0 Å². The molecule has 0 aliphatic heterocycles. The summed E-state index contributed by atoms with van der Waals surface area (Å²) in [4.78, 5) is 23.7. The van der Waals surface area contributed by atoms with E-state index in [1.54, 1.807) is 42.5 Å². The fourth-order valence-electron chi connectivity index (χ4n) is 1.62. The third-order valence-electron chi connectivity index (χ3n) is 2.59. The van der Waals surface area contributed by atoms with E-state index in [1.165, 1.54) is 0 Å². The first-order valence-electron chi connectivity index (χ1n) is 5.79. The van der Waals surface area contributed by atoms with Crippen LogP contribution in [0.25, 0.3) is 0 Å². The molecule has 2 aromatic carbocycles. The highest BCUT2D eigenvalue weighted by Gasteiger charge is 2.09. The van der Waals surface area contributed by atoms with Gasteiger partial charge in [-0.25, -0.2) is 0 Å². The van der Waals surface area contributed by atoms with Crippen molar-refractivity contribution >= 4 is 27.6 Å². The van der Waals surface area contributed by atoms with Gasteiger partial charge in [-0.1, -0.05) is 52.3 Å². The van der Waals surface area contributed by atoms with Crippen LogP contribution in [0.15, 0.2) is 59.1 Å². The molecule has 1 N–H and O–H groups in total. The van der Waals surface area contributed by atoms with Crippen LogP contribution in [0.1, 0.15) is 20.7 Å². The van der Waals surface area contributed by atoms with E-state index in [4.69, 9.17) is 0 Å². The molecule has 0 saturated heterocycles. The fraction of sp³-hybridized carbons (Fsp3) is 0.0667. The van der Waals surface area contributed by atoms with Crippen LogP contribution in [0, 0.1) is 0 Å². The molecule has 2 aromatic rings. The number of Topliss-reactive ketones (excluding diaryl/α,β-unsaturated/α-hetero) is 1. The van der Waals surface area contributed by atoms with Gasteiger partial charge in [0, 0.05) is 15.6 Å². The molecule has 0 radical (unpaired) electrons. The van der Waals surface area contributed by atoms with E-state index in [9.17, 15) is 9.59 Å². The van der Waals surface area contributed by atoms with Crippen LogP contribution in [0.5, 0.6) is 0 Å². The van der Waals surface area contributed by atoms with Crippen molar-refractivity contribution in [2.45, 2.75) is 0 Å².